The van der Waals surface area contributed by atoms with Crippen LogP contribution in [0.2, 0.25) is 0 Å². The minimum Gasteiger partial charge on any atom is -0.347 e. The first-order valence-corrected chi connectivity index (χ1v) is 12.2. The molecule has 1 rings (SSSR count). The fourth-order valence-corrected chi connectivity index (χ4v) is 3.92. The number of Topliss-reactive ketones (excluding diaryl/α,β-unsaturated/α-hetero) is 1. The van der Waals surface area contributed by atoms with E-state index in [1.807, 2.05) is 51.3 Å². The Morgan fingerprint density at radius 1 is 1.10 bits per heavy atom. The number of ketones is 1. The van der Waals surface area contributed by atoms with Crippen LogP contribution in [0.5, 0.6) is 0 Å². The highest BCUT2D eigenvalue weighted by molar-refractivity contribution is 7.98. The summed E-state index contributed by atoms with van der Waals surface area (Å²) in [5, 5.41) is 5.52. The zero-order valence-corrected chi connectivity index (χ0v) is 20.1. The number of hydrogen-bond acceptors (Lipinski definition) is 5. The maximum Gasteiger partial charge on any atom is 0.224 e. The molecule has 0 saturated carbocycles. The highest BCUT2D eigenvalue weighted by Crippen LogP contribution is 2.19. The van der Waals surface area contributed by atoms with E-state index in [4.69, 9.17) is 0 Å². The highest BCUT2D eigenvalue weighted by Gasteiger charge is 2.28. The lowest BCUT2D eigenvalue weighted by Crippen LogP contribution is -2.45. The number of nitrogens with one attached hydrogen (secondary N) is 2. The number of carbonyl (C=O) groups is 4. The Bertz CT molecular complexity index is 734. The zero-order valence-electron chi connectivity index (χ0n) is 19.3. The predicted molar refractivity (Wildman–Crippen MR) is 126 cm³/mol. The first kappa shape index (κ1) is 26.9. The van der Waals surface area contributed by atoms with Crippen LogP contribution in [0.3, 0.4) is 0 Å². The molecule has 0 bridgehead atoms. The van der Waals surface area contributed by atoms with Gasteiger partial charge in [-0.25, -0.2) is 0 Å². The molecule has 3 atom stereocenters. The molecule has 0 unspecified atom stereocenters. The molecule has 0 aliphatic rings. The largest absolute Gasteiger partial charge is 0.347 e. The standard InChI is InChI=1S/C24H36N2O4S/c1-16(2)12-20(14-23(29)22(10-11-31-5)25-18(4)28)24(30)26-21(15-27)13-19-8-6-17(3)7-9-19/h6-9,15-16,20-22H,10-14H2,1-5H3,(H,25,28)(H,26,30)/t20-,21+,22+/m1/s1. The molecule has 2 amide bonds. The molecular formula is C24H36N2O4S. The lowest BCUT2D eigenvalue weighted by atomic mass is 9.89. The molecular weight excluding hydrogens is 412 g/mol. The number of hydrogen-bond donors (Lipinski definition) is 2. The lowest BCUT2D eigenvalue weighted by Gasteiger charge is -2.23. The van der Waals surface area contributed by atoms with Crippen LogP contribution in [0.15, 0.2) is 24.3 Å². The summed E-state index contributed by atoms with van der Waals surface area (Å²) in [6.07, 6.45) is 4.19. The number of carbonyl (C=O) groups excluding carboxylic acids is 4. The Hall–Kier alpha value is -2.15. The van der Waals surface area contributed by atoms with Gasteiger partial charge >= 0.3 is 0 Å². The summed E-state index contributed by atoms with van der Waals surface area (Å²) in [7, 11) is 0. The number of aldehydes is 1. The fourth-order valence-electron chi connectivity index (χ4n) is 3.44. The first-order valence-electron chi connectivity index (χ1n) is 10.8. The van der Waals surface area contributed by atoms with Gasteiger partial charge in [-0.2, -0.15) is 11.8 Å². The van der Waals surface area contributed by atoms with E-state index in [2.05, 4.69) is 10.6 Å². The molecule has 6 nitrogen and oxygen atoms in total. The highest BCUT2D eigenvalue weighted by atomic mass is 32.2. The van der Waals surface area contributed by atoms with Crippen molar-refractivity contribution < 1.29 is 19.2 Å². The Morgan fingerprint density at radius 3 is 2.26 bits per heavy atom. The number of rotatable bonds is 14. The molecule has 7 heteroatoms. The summed E-state index contributed by atoms with van der Waals surface area (Å²) >= 11 is 1.60. The summed E-state index contributed by atoms with van der Waals surface area (Å²) in [5.41, 5.74) is 2.09. The van der Waals surface area contributed by atoms with Gasteiger partial charge < -0.3 is 15.4 Å². The summed E-state index contributed by atoms with van der Waals surface area (Å²) in [6, 6.07) is 6.57. The molecule has 0 spiro atoms. The van der Waals surface area contributed by atoms with E-state index in [1.54, 1.807) is 11.8 Å². The molecule has 2 N–H and O–H groups in total. The first-order chi connectivity index (χ1) is 14.7. The average molecular weight is 449 g/mol. The molecule has 0 aromatic heterocycles. The molecule has 0 fully saturated rings. The lowest BCUT2D eigenvalue weighted by molar-refractivity contribution is -0.132. The van der Waals surface area contributed by atoms with Crippen molar-refractivity contribution in [3.05, 3.63) is 35.4 Å². The predicted octanol–water partition coefficient (Wildman–Crippen LogP) is 3.10. The van der Waals surface area contributed by atoms with Crippen LogP contribution in [-0.4, -0.2) is 48.0 Å². The van der Waals surface area contributed by atoms with E-state index in [0.717, 1.165) is 23.2 Å². The Labute approximate surface area is 190 Å². The van der Waals surface area contributed by atoms with Crippen molar-refractivity contribution in [1.29, 1.82) is 0 Å². The third-order valence-electron chi connectivity index (χ3n) is 5.02. The van der Waals surface area contributed by atoms with Crippen LogP contribution in [0.25, 0.3) is 0 Å². The number of aryl methyl sites for hydroxylation is 1. The molecule has 172 valence electrons. The van der Waals surface area contributed by atoms with Gasteiger partial charge in [-0.15, -0.1) is 0 Å². The van der Waals surface area contributed by atoms with Gasteiger partial charge in [0.2, 0.25) is 11.8 Å². The summed E-state index contributed by atoms with van der Waals surface area (Å²) in [5.74, 6) is -0.298. The molecule has 0 radical (unpaired) electrons. The molecule has 0 aliphatic carbocycles. The Balaban J connectivity index is 2.85. The minimum absolute atomic E-state index is 0.0411. The topological polar surface area (TPSA) is 92.3 Å². The van der Waals surface area contributed by atoms with E-state index < -0.39 is 18.0 Å². The van der Waals surface area contributed by atoms with Crippen LogP contribution in [-0.2, 0) is 25.6 Å². The molecule has 0 saturated heterocycles. The second-order valence-corrected chi connectivity index (χ2v) is 9.46. The molecule has 1 aromatic carbocycles. The van der Waals surface area contributed by atoms with Gasteiger partial charge in [0.05, 0.1) is 12.1 Å². The Kier molecular flexibility index (Phi) is 12.2. The monoisotopic (exact) mass is 448 g/mol. The van der Waals surface area contributed by atoms with Crippen molar-refractivity contribution in [3.8, 4) is 0 Å². The van der Waals surface area contributed by atoms with Crippen LogP contribution in [0, 0.1) is 18.8 Å². The van der Waals surface area contributed by atoms with Crippen molar-refractivity contribution in [1.82, 2.24) is 10.6 Å². The van der Waals surface area contributed by atoms with Crippen LogP contribution < -0.4 is 10.6 Å². The SMILES string of the molecule is CSCC[C@H](NC(C)=O)C(=O)C[C@@H](CC(C)C)C(=O)N[C@H](C=O)Cc1ccc(C)cc1. The second-order valence-electron chi connectivity index (χ2n) is 8.47. The average Bonchev–Trinajstić information content (AvgIpc) is 2.70. The van der Waals surface area contributed by atoms with Gasteiger partial charge in [0.25, 0.3) is 0 Å². The van der Waals surface area contributed by atoms with E-state index in [-0.39, 0.29) is 29.9 Å². The smallest absolute Gasteiger partial charge is 0.224 e. The number of amides is 2. The minimum atomic E-state index is -0.650. The maximum atomic E-state index is 13.0. The molecule has 0 heterocycles. The van der Waals surface area contributed by atoms with Crippen molar-refractivity contribution >= 4 is 35.6 Å². The van der Waals surface area contributed by atoms with E-state index in [0.29, 0.717) is 19.3 Å². The van der Waals surface area contributed by atoms with Gasteiger partial charge in [-0.3, -0.25) is 14.4 Å². The van der Waals surface area contributed by atoms with Crippen molar-refractivity contribution in [2.75, 3.05) is 12.0 Å². The molecule has 0 aliphatic heterocycles. The third-order valence-corrected chi connectivity index (χ3v) is 5.66. The van der Waals surface area contributed by atoms with Crippen LogP contribution in [0.1, 0.15) is 51.2 Å². The van der Waals surface area contributed by atoms with Gasteiger partial charge in [-0.05, 0) is 49.7 Å². The fraction of sp³-hybridized carbons (Fsp3) is 0.583. The van der Waals surface area contributed by atoms with Crippen molar-refractivity contribution in [2.24, 2.45) is 11.8 Å². The number of benzene rings is 1. The molecule has 31 heavy (non-hydrogen) atoms. The quantitative estimate of drug-likeness (QED) is 0.427. The number of thioether (sulfide) groups is 1. The molecule has 1 aromatic rings. The second kappa shape index (κ2) is 14.0. The maximum absolute atomic E-state index is 13.0. The third kappa shape index (κ3) is 10.6. The van der Waals surface area contributed by atoms with E-state index in [9.17, 15) is 19.2 Å². The van der Waals surface area contributed by atoms with Crippen LogP contribution >= 0.6 is 11.8 Å². The summed E-state index contributed by atoms with van der Waals surface area (Å²) in [4.78, 5) is 49.0. The van der Waals surface area contributed by atoms with Gasteiger partial charge in [0, 0.05) is 19.3 Å². The van der Waals surface area contributed by atoms with Gasteiger partial charge in [0.1, 0.15) is 6.29 Å². The van der Waals surface area contributed by atoms with E-state index >= 15 is 0 Å². The normalized spacial score (nSPS) is 13.9. The van der Waals surface area contributed by atoms with Crippen molar-refractivity contribution in [2.45, 2.75) is 65.5 Å². The zero-order chi connectivity index (χ0) is 23.4. The summed E-state index contributed by atoms with van der Waals surface area (Å²) in [6.45, 7) is 7.36. The van der Waals surface area contributed by atoms with E-state index in [1.165, 1.54) is 6.92 Å². The van der Waals surface area contributed by atoms with Crippen molar-refractivity contribution in [3.63, 3.8) is 0 Å². The van der Waals surface area contributed by atoms with Gasteiger partial charge in [-0.1, -0.05) is 43.7 Å². The summed E-state index contributed by atoms with van der Waals surface area (Å²) < 4.78 is 0. The Morgan fingerprint density at radius 2 is 1.74 bits per heavy atom. The van der Waals surface area contributed by atoms with Gasteiger partial charge in [0.15, 0.2) is 5.78 Å². The van der Waals surface area contributed by atoms with Crippen LogP contribution in [0.4, 0.5) is 0 Å².